The maximum absolute atomic E-state index is 9.61. The van der Waals surface area contributed by atoms with Crippen LogP contribution in [0, 0.1) is 5.41 Å². The maximum atomic E-state index is 9.61. The van der Waals surface area contributed by atoms with Crippen LogP contribution >= 0.6 is 0 Å². The molecule has 4 nitrogen and oxygen atoms in total. The second kappa shape index (κ2) is 3.73. The highest BCUT2D eigenvalue weighted by atomic mass is 17.3. The molecule has 20 heavy (non-hydrogen) atoms. The van der Waals surface area contributed by atoms with E-state index in [-0.39, 0.29) is 17.3 Å². The predicted octanol–water partition coefficient (Wildman–Crippen LogP) is 3.09. The fourth-order valence-electron chi connectivity index (χ4n) is 3.03. The lowest BCUT2D eigenvalue weighted by molar-refractivity contribution is -0.568. The fourth-order valence-corrected chi connectivity index (χ4v) is 3.03. The highest BCUT2D eigenvalue weighted by Crippen LogP contribution is 2.54. The van der Waals surface area contributed by atoms with Crippen molar-refractivity contribution < 1.29 is 19.6 Å². The van der Waals surface area contributed by atoms with Gasteiger partial charge in [0.25, 0.3) is 5.79 Å². The van der Waals surface area contributed by atoms with Crippen LogP contribution in [0.5, 0.6) is 5.75 Å². The molecule has 4 rings (SSSR count). The first-order valence-corrected chi connectivity index (χ1v) is 6.73. The molecule has 0 amide bonds. The summed E-state index contributed by atoms with van der Waals surface area (Å²) >= 11 is 0. The summed E-state index contributed by atoms with van der Waals surface area (Å²) < 4.78 is 5.91. The molecule has 2 heterocycles. The van der Waals surface area contributed by atoms with Gasteiger partial charge in [0.1, 0.15) is 5.75 Å². The molecule has 2 aliphatic heterocycles. The molecule has 2 aromatic rings. The van der Waals surface area contributed by atoms with Crippen molar-refractivity contribution >= 4 is 10.8 Å². The zero-order chi connectivity index (χ0) is 14.0. The Labute approximate surface area is 116 Å². The lowest BCUT2D eigenvalue weighted by atomic mass is 9.82. The van der Waals surface area contributed by atoms with Gasteiger partial charge < -0.3 is 9.84 Å². The minimum absolute atomic E-state index is 0.0773. The normalized spacial score (nSPS) is 31.0. The van der Waals surface area contributed by atoms with Gasteiger partial charge in [0.2, 0.25) is 0 Å². The molecule has 2 aliphatic rings. The van der Waals surface area contributed by atoms with Crippen molar-refractivity contribution in [3.63, 3.8) is 0 Å². The first kappa shape index (κ1) is 12.1. The summed E-state index contributed by atoms with van der Waals surface area (Å²) in [6.07, 6.45) is -0.107. The quantitative estimate of drug-likeness (QED) is 0.810. The molecule has 2 saturated heterocycles. The Morgan fingerprint density at radius 3 is 2.60 bits per heavy atom. The second-order valence-electron chi connectivity index (χ2n) is 6.25. The van der Waals surface area contributed by atoms with Crippen molar-refractivity contribution in [2.75, 3.05) is 6.61 Å². The molecule has 0 radical (unpaired) electrons. The molecule has 2 aromatic carbocycles. The molecule has 0 spiro atoms. The summed E-state index contributed by atoms with van der Waals surface area (Å²) in [5, 5.41) is 11.6. The smallest absolute Gasteiger partial charge is 0.258 e. The first-order valence-electron chi connectivity index (χ1n) is 6.73. The molecular formula is C16H16O4. The van der Waals surface area contributed by atoms with Gasteiger partial charge in [-0.1, -0.05) is 32.0 Å². The number of ether oxygens (including phenoxy) is 1. The summed E-state index contributed by atoms with van der Waals surface area (Å²) in [4.78, 5) is 10.6. The van der Waals surface area contributed by atoms with E-state index in [0.29, 0.717) is 6.61 Å². The lowest BCUT2D eigenvalue weighted by Gasteiger charge is -2.44. The Hall–Kier alpha value is -1.62. The average Bonchev–Trinajstić information content (AvgIpc) is 2.54. The maximum Gasteiger partial charge on any atom is 0.258 e. The minimum atomic E-state index is -0.802. The molecule has 0 aliphatic carbocycles. The van der Waals surface area contributed by atoms with Crippen LogP contribution in [-0.2, 0) is 20.3 Å². The van der Waals surface area contributed by atoms with Gasteiger partial charge >= 0.3 is 0 Å². The van der Waals surface area contributed by atoms with Crippen molar-refractivity contribution in [3.8, 4) is 5.75 Å². The lowest BCUT2D eigenvalue weighted by Crippen LogP contribution is -2.55. The third-order valence-corrected chi connectivity index (χ3v) is 4.21. The summed E-state index contributed by atoms with van der Waals surface area (Å²) in [5.74, 6) is -0.550. The second-order valence-corrected chi connectivity index (χ2v) is 6.25. The molecule has 4 heteroatoms. The Morgan fingerprint density at radius 1 is 1.10 bits per heavy atom. The van der Waals surface area contributed by atoms with Gasteiger partial charge in [-0.3, -0.25) is 0 Å². The SMILES string of the molecule is CC1(C)COC2(c3ccc4ccc(O)cc4c3)OOC12. The largest absolute Gasteiger partial charge is 0.508 e. The van der Waals surface area contributed by atoms with Crippen molar-refractivity contribution in [3.05, 3.63) is 42.0 Å². The van der Waals surface area contributed by atoms with Crippen LogP contribution in [0.15, 0.2) is 36.4 Å². The Bertz CT molecular complexity index is 694. The van der Waals surface area contributed by atoms with Crippen LogP contribution in [0.25, 0.3) is 10.8 Å². The van der Waals surface area contributed by atoms with E-state index in [4.69, 9.17) is 14.5 Å². The van der Waals surface area contributed by atoms with E-state index in [1.807, 2.05) is 24.3 Å². The third kappa shape index (κ3) is 1.47. The van der Waals surface area contributed by atoms with Gasteiger partial charge in [0, 0.05) is 11.0 Å². The number of phenolic OH excluding ortho intramolecular Hbond substituents is 1. The Balaban J connectivity index is 1.83. The van der Waals surface area contributed by atoms with E-state index in [1.54, 1.807) is 12.1 Å². The standard InChI is InChI=1S/C16H16O4/c1-15(2)9-18-16(14(15)19-20-16)12-5-3-10-4-6-13(17)8-11(10)7-12/h3-8,14,17H,9H2,1-2H3. The average molecular weight is 272 g/mol. The number of phenols is 1. The summed E-state index contributed by atoms with van der Waals surface area (Å²) in [7, 11) is 0. The Kier molecular flexibility index (Phi) is 2.26. The highest BCUT2D eigenvalue weighted by Gasteiger charge is 2.66. The van der Waals surface area contributed by atoms with E-state index in [1.165, 1.54) is 0 Å². The van der Waals surface area contributed by atoms with Crippen LogP contribution in [0.2, 0.25) is 0 Å². The van der Waals surface area contributed by atoms with Crippen LogP contribution in [-0.4, -0.2) is 17.8 Å². The molecule has 2 atom stereocenters. The molecule has 0 aromatic heterocycles. The van der Waals surface area contributed by atoms with Gasteiger partial charge in [-0.05, 0) is 29.0 Å². The Morgan fingerprint density at radius 2 is 1.90 bits per heavy atom. The topological polar surface area (TPSA) is 47.9 Å². The van der Waals surface area contributed by atoms with E-state index in [2.05, 4.69) is 13.8 Å². The third-order valence-electron chi connectivity index (χ3n) is 4.21. The molecule has 2 unspecified atom stereocenters. The van der Waals surface area contributed by atoms with Crippen molar-refractivity contribution in [1.82, 2.24) is 0 Å². The van der Waals surface area contributed by atoms with Gasteiger partial charge in [-0.25, -0.2) is 4.89 Å². The number of benzene rings is 2. The number of hydrogen-bond acceptors (Lipinski definition) is 4. The number of rotatable bonds is 1. The monoisotopic (exact) mass is 272 g/mol. The van der Waals surface area contributed by atoms with Gasteiger partial charge in [0.15, 0.2) is 6.10 Å². The van der Waals surface area contributed by atoms with E-state index >= 15 is 0 Å². The molecular weight excluding hydrogens is 256 g/mol. The zero-order valence-electron chi connectivity index (χ0n) is 11.4. The number of hydrogen-bond donors (Lipinski definition) is 1. The number of aromatic hydroxyl groups is 1. The van der Waals surface area contributed by atoms with Crippen LogP contribution in [0.4, 0.5) is 0 Å². The summed E-state index contributed by atoms with van der Waals surface area (Å²) in [6, 6.07) is 11.3. The van der Waals surface area contributed by atoms with Crippen molar-refractivity contribution in [2.45, 2.75) is 25.7 Å². The van der Waals surface area contributed by atoms with Crippen LogP contribution < -0.4 is 0 Å². The fraction of sp³-hybridized carbons (Fsp3) is 0.375. The van der Waals surface area contributed by atoms with Gasteiger partial charge in [0.05, 0.1) is 6.61 Å². The molecule has 0 bridgehead atoms. The first-order chi connectivity index (χ1) is 9.51. The van der Waals surface area contributed by atoms with Gasteiger partial charge in [-0.15, -0.1) is 0 Å². The molecule has 104 valence electrons. The predicted molar refractivity (Wildman–Crippen MR) is 73.0 cm³/mol. The van der Waals surface area contributed by atoms with Crippen LogP contribution in [0.3, 0.4) is 0 Å². The molecule has 1 N–H and O–H groups in total. The number of fused-ring (bicyclic) bond motifs is 2. The zero-order valence-corrected chi connectivity index (χ0v) is 11.4. The van der Waals surface area contributed by atoms with E-state index in [9.17, 15) is 5.11 Å². The summed E-state index contributed by atoms with van der Waals surface area (Å²) in [5.41, 5.74) is 0.851. The van der Waals surface area contributed by atoms with Crippen molar-refractivity contribution in [2.24, 2.45) is 5.41 Å². The minimum Gasteiger partial charge on any atom is -0.508 e. The molecule has 2 fully saturated rings. The highest BCUT2D eigenvalue weighted by molar-refractivity contribution is 5.84. The van der Waals surface area contributed by atoms with Gasteiger partial charge in [-0.2, -0.15) is 4.89 Å². The van der Waals surface area contributed by atoms with Crippen molar-refractivity contribution in [1.29, 1.82) is 0 Å². The molecule has 0 saturated carbocycles. The van der Waals surface area contributed by atoms with E-state index < -0.39 is 5.79 Å². The van der Waals surface area contributed by atoms with E-state index in [0.717, 1.165) is 16.3 Å². The summed E-state index contributed by atoms with van der Waals surface area (Å²) in [6.45, 7) is 4.80. The van der Waals surface area contributed by atoms with Crippen LogP contribution in [0.1, 0.15) is 19.4 Å².